The highest BCUT2D eigenvalue weighted by molar-refractivity contribution is 5.98. The van der Waals surface area contributed by atoms with Crippen LogP contribution in [0.2, 0.25) is 0 Å². The molecule has 0 spiro atoms. The summed E-state index contributed by atoms with van der Waals surface area (Å²) in [6.07, 6.45) is 0.436. The Hall–Kier alpha value is -6.26. The van der Waals surface area contributed by atoms with Crippen LogP contribution in [0, 0.1) is 0 Å². The second-order valence-electron chi connectivity index (χ2n) is 20.4. The van der Waals surface area contributed by atoms with Crippen molar-refractivity contribution in [3.8, 4) is 67.5 Å². The standard InChI is InChI=1S/C59H63N3O/c1-13-59(11,12)43-27-28-51(47(35-43)39-23-18-15-19-24-39)62-52-26-20-25-46(53(52)61-55(62)48-36-45(57(5,6)7)37-49(54(48)63)58(8,9)10)41-31-42(33-44(32-41)56(2,3)4)50-34-40(29-30-60-50)38-21-16-14-17-22-38/h14-37,63H,13H2,1-12H3/i14D,16D,17D,21D,22D,29D,30D,34D. The maximum atomic E-state index is 12.6. The van der Waals surface area contributed by atoms with Crippen LogP contribution in [0.5, 0.6) is 5.75 Å². The van der Waals surface area contributed by atoms with Crippen molar-refractivity contribution in [1.82, 2.24) is 14.5 Å². The van der Waals surface area contributed by atoms with Crippen LogP contribution >= 0.6 is 0 Å². The van der Waals surface area contributed by atoms with Gasteiger partial charge in [0.25, 0.3) is 0 Å². The zero-order chi connectivity index (χ0) is 52.0. The summed E-state index contributed by atoms with van der Waals surface area (Å²) >= 11 is 0. The van der Waals surface area contributed by atoms with Gasteiger partial charge in [-0.3, -0.25) is 9.55 Å². The Morgan fingerprint density at radius 3 is 1.90 bits per heavy atom. The molecule has 0 radical (unpaired) electrons. The molecule has 63 heavy (non-hydrogen) atoms. The molecule has 0 aliphatic rings. The van der Waals surface area contributed by atoms with Crippen molar-refractivity contribution in [1.29, 1.82) is 0 Å². The molecule has 0 aliphatic carbocycles. The van der Waals surface area contributed by atoms with Crippen LogP contribution in [-0.2, 0) is 21.7 Å². The minimum absolute atomic E-state index is 0.0276. The number of imidazole rings is 1. The smallest absolute Gasteiger partial charge is 0.149 e. The van der Waals surface area contributed by atoms with E-state index in [4.69, 9.17) is 14.6 Å². The highest BCUT2D eigenvalue weighted by Crippen LogP contribution is 2.46. The number of phenolic OH excluding ortho intramolecular Hbond substituents is 1. The van der Waals surface area contributed by atoms with Gasteiger partial charge in [-0.2, -0.15) is 0 Å². The number of benzene rings is 6. The van der Waals surface area contributed by atoms with Gasteiger partial charge in [0, 0.05) is 28.4 Å². The first-order valence-electron chi connectivity index (χ1n) is 25.9. The molecule has 8 rings (SSSR count). The van der Waals surface area contributed by atoms with Crippen molar-refractivity contribution in [2.45, 2.75) is 111 Å². The molecule has 0 bridgehead atoms. The van der Waals surface area contributed by atoms with Gasteiger partial charge in [0.15, 0.2) is 0 Å². The molecule has 0 atom stereocenters. The predicted octanol–water partition coefficient (Wildman–Crippen LogP) is 16.0. The van der Waals surface area contributed by atoms with Crippen LogP contribution in [0.25, 0.3) is 72.7 Å². The number of pyridine rings is 1. The molecular formula is C59H63N3O. The summed E-state index contributed by atoms with van der Waals surface area (Å²) in [5, 5.41) is 12.6. The van der Waals surface area contributed by atoms with Crippen molar-refractivity contribution in [3.63, 3.8) is 0 Å². The lowest BCUT2D eigenvalue weighted by molar-refractivity contribution is 0.446. The zero-order valence-electron chi connectivity index (χ0n) is 46.7. The van der Waals surface area contributed by atoms with E-state index in [1.54, 1.807) is 0 Å². The third-order valence-electron chi connectivity index (χ3n) is 12.4. The van der Waals surface area contributed by atoms with Crippen LogP contribution in [-0.4, -0.2) is 19.6 Å². The molecule has 0 saturated carbocycles. The lowest BCUT2D eigenvalue weighted by Gasteiger charge is -2.28. The fourth-order valence-electron chi connectivity index (χ4n) is 8.08. The Kier molecular flexibility index (Phi) is 8.77. The molecule has 320 valence electrons. The maximum absolute atomic E-state index is 12.6. The maximum Gasteiger partial charge on any atom is 0.149 e. The van der Waals surface area contributed by atoms with Crippen molar-refractivity contribution in [3.05, 3.63) is 168 Å². The van der Waals surface area contributed by atoms with Crippen molar-refractivity contribution >= 4 is 11.0 Å². The van der Waals surface area contributed by atoms with Gasteiger partial charge >= 0.3 is 0 Å². The van der Waals surface area contributed by atoms with Gasteiger partial charge in [-0.1, -0.05) is 174 Å². The van der Waals surface area contributed by atoms with Crippen LogP contribution in [0.15, 0.2) is 146 Å². The summed E-state index contributed by atoms with van der Waals surface area (Å²) in [6.45, 7) is 25.8. The van der Waals surface area contributed by atoms with Gasteiger partial charge in [-0.25, -0.2) is 4.98 Å². The third kappa shape index (κ3) is 8.48. The molecule has 6 aromatic carbocycles. The van der Waals surface area contributed by atoms with Crippen LogP contribution in [0.4, 0.5) is 0 Å². The van der Waals surface area contributed by atoms with E-state index >= 15 is 0 Å². The molecule has 8 aromatic rings. The van der Waals surface area contributed by atoms with Gasteiger partial charge in [-0.15, -0.1) is 0 Å². The van der Waals surface area contributed by atoms with Crippen molar-refractivity contribution in [2.24, 2.45) is 0 Å². The largest absolute Gasteiger partial charge is 0.507 e. The van der Waals surface area contributed by atoms with Crippen molar-refractivity contribution < 1.29 is 16.1 Å². The summed E-state index contributed by atoms with van der Waals surface area (Å²) in [5.41, 5.74) is 8.97. The van der Waals surface area contributed by atoms with Gasteiger partial charge in [0.1, 0.15) is 11.6 Å². The highest BCUT2D eigenvalue weighted by Gasteiger charge is 2.30. The summed E-state index contributed by atoms with van der Waals surface area (Å²) in [5.74, 6) is 0.704. The summed E-state index contributed by atoms with van der Waals surface area (Å²) in [7, 11) is 0. The molecule has 4 heteroatoms. The number of aromatic nitrogens is 3. The van der Waals surface area contributed by atoms with E-state index in [1.807, 2.05) is 48.5 Å². The summed E-state index contributed by atoms with van der Waals surface area (Å²) in [6, 6.07) is 29.3. The number of para-hydroxylation sites is 1. The molecule has 2 aromatic heterocycles. The Labute approximate surface area is 387 Å². The third-order valence-corrected chi connectivity index (χ3v) is 12.4. The van der Waals surface area contributed by atoms with E-state index in [1.165, 1.54) is 5.56 Å². The molecule has 0 unspecified atom stereocenters. The first-order chi connectivity index (χ1) is 33.1. The number of hydrogen-bond donors (Lipinski definition) is 1. The topological polar surface area (TPSA) is 50.9 Å². The van der Waals surface area contributed by atoms with Gasteiger partial charge < -0.3 is 5.11 Å². The first-order valence-corrected chi connectivity index (χ1v) is 21.9. The normalized spacial score (nSPS) is 14.3. The predicted molar refractivity (Wildman–Crippen MR) is 267 cm³/mol. The van der Waals surface area contributed by atoms with E-state index in [2.05, 4.69) is 141 Å². The molecule has 0 aliphatic heterocycles. The Bertz CT molecular complexity index is 3400. The quantitative estimate of drug-likeness (QED) is 0.166. The minimum atomic E-state index is -0.599. The van der Waals surface area contributed by atoms with E-state index < -0.39 is 53.3 Å². The Morgan fingerprint density at radius 2 is 1.24 bits per heavy atom. The monoisotopic (exact) mass is 838 g/mol. The Balaban J connectivity index is 1.50. The van der Waals surface area contributed by atoms with Gasteiger partial charge in [0.05, 0.1) is 38.9 Å². The van der Waals surface area contributed by atoms with E-state index in [-0.39, 0.29) is 39.4 Å². The number of phenols is 1. The number of aromatic hydroxyl groups is 1. The molecule has 0 amide bonds. The molecule has 4 nitrogen and oxygen atoms in total. The number of rotatable bonds is 8. The molecule has 2 heterocycles. The highest BCUT2D eigenvalue weighted by atomic mass is 16.3. The second-order valence-corrected chi connectivity index (χ2v) is 20.4. The van der Waals surface area contributed by atoms with Crippen LogP contribution < -0.4 is 0 Å². The minimum Gasteiger partial charge on any atom is -0.507 e. The average molecular weight is 838 g/mol. The van der Waals surface area contributed by atoms with Crippen LogP contribution in [0.1, 0.15) is 123 Å². The number of hydrogen-bond acceptors (Lipinski definition) is 3. The molecular weight excluding hydrogens is 767 g/mol. The fraction of sp³-hybridized carbons (Fsp3) is 0.288. The zero-order valence-corrected chi connectivity index (χ0v) is 38.7. The summed E-state index contributed by atoms with van der Waals surface area (Å²) in [4.78, 5) is 10.1. The molecule has 0 fully saturated rings. The van der Waals surface area contributed by atoms with E-state index in [9.17, 15) is 6.48 Å². The average Bonchev–Trinajstić information content (AvgIpc) is 3.70. The lowest BCUT2D eigenvalue weighted by atomic mass is 9.78. The summed E-state index contributed by atoms with van der Waals surface area (Å²) < 4.78 is 72.0. The number of nitrogens with zero attached hydrogens (tertiary/aromatic N) is 3. The Morgan fingerprint density at radius 1 is 0.571 bits per heavy atom. The van der Waals surface area contributed by atoms with Crippen LogP contribution in [0.3, 0.4) is 0 Å². The molecule has 1 N–H and O–H groups in total. The fourth-order valence-corrected chi connectivity index (χ4v) is 8.08. The molecule has 0 saturated heterocycles. The van der Waals surface area contributed by atoms with Gasteiger partial charge in [-0.05, 0) is 116 Å². The van der Waals surface area contributed by atoms with E-state index in [0.29, 0.717) is 22.5 Å². The number of fused-ring (bicyclic) bond motifs is 1. The van der Waals surface area contributed by atoms with Gasteiger partial charge in [0.2, 0.25) is 0 Å². The lowest BCUT2D eigenvalue weighted by Crippen LogP contribution is -2.17. The van der Waals surface area contributed by atoms with Crippen molar-refractivity contribution in [2.75, 3.05) is 0 Å². The van der Waals surface area contributed by atoms with E-state index in [0.717, 1.165) is 56.6 Å². The first kappa shape index (κ1) is 34.3. The SMILES string of the molecule is [2H]c1nc(-c2cc(-c3cccc4c3nc(-c3cc(C(C)(C)C)cc(C(C)(C)C)c3O)n4-c3ccc(C(C)(C)CC)cc3-c3ccccc3)cc(C(C)(C)C)c2)c([2H])c(-c2c([2H])c([2H])c([2H])c([2H])c2[2H])c1[2H]. The second kappa shape index (κ2) is 16.1.